The molecule has 2 amide bonds. The zero-order valence-corrected chi connectivity index (χ0v) is 27.3. The Kier molecular flexibility index (Phi) is 11.5. The molecule has 10 heteroatoms. The lowest BCUT2D eigenvalue weighted by Gasteiger charge is -2.34. The fourth-order valence-corrected chi connectivity index (χ4v) is 6.33. The van der Waals surface area contributed by atoms with Gasteiger partial charge in [0.15, 0.2) is 0 Å². The summed E-state index contributed by atoms with van der Waals surface area (Å²) in [4.78, 5) is 29.2. The molecule has 7 nitrogen and oxygen atoms in total. The molecule has 0 aliphatic rings. The lowest BCUT2D eigenvalue weighted by molar-refractivity contribution is -0.140. The van der Waals surface area contributed by atoms with Crippen LogP contribution in [0, 0.1) is 20.8 Å². The van der Waals surface area contributed by atoms with Crippen molar-refractivity contribution < 1.29 is 18.0 Å². The normalized spacial score (nSPS) is 12.9. The van der Waals surface area contributed by atoms with Crippen molar-refractivity contribution in [3.63, 3.8) is 0 Å². The van der Waals surface area contributed by atoms with Crippen molar-refractivity contribution >= 4 is 50.7 Å². The smallest absolute Gasteiger partial charge is 0.264 e. The van der Waals surface area contributed by atoms with Gasteiger partial charge in [-0.1, -0.05) is 72.9 Å². The van der Waals surface area contributed by atoms with E-state index in [1.54, 1.807) is 43.3 Å². The van der Waals surface area contributed by atoms with Crippen LogP contribution in [0.3, 0.4) is 0 Å². The molecule has 3 aromatic carbocycles. The van der Waals surface area contributed by atoms with Gasteiger partial charge in [0.25, 0.3) is 10.0 Å². The summed E-state index contributed by atoms with van der Waals surface area (Å²) in [6.45, 7) is 10.8. The molecule has 226 valence electrons. The largest absolute Gasteiger partial charge is 0.352 e. The fraction of sp³-hybridized carbons (Fsp3) is 0.375. The zero-order valence-electron chi connectivity index (χ0n) is 24.9. The van der Waals surface area contributed by atoms with E-state index in [-0.39, 0.29) is 23.4 Å². The van der Waals surface area contributed by atoms with E-state index in [9.17, 15) is 18.0 Å². The first kappa shape index (κ1) is 33.4. The van der Waals surface area contributed by atoms with Crippen LogP contribution >= 0.6 is 23.2 Å². The van der Waals surface area contributed by atoms with E-state index in [1.807, 2.05) is 46.8 Å². The van der Waals surface area contributed by atoms with Crippen LogP contribution in [-0.2, 0) is 26.2 Å². The minimum atomic E-state index is -4.15. The number of nitrogens with zero attached hydrogens (tertiary/aromatic N) is 2. The molecule has 0 bridgehead atoms. The van der Waals surface area contributed by atoms with Gasteiger partial charge >= 0.3 is 0 Å². The molecular formula is C32H39Cl2N3O4S. The fourth-order valence-electron chi connectivity index (χ4n) is 4.53. The third-order valence-corrected chi connectivity index (χ3v) is 9.76. The minimum Gasteiger partial charge on any atom is -0.352 e. The van der Waals surface area contributed by atoms with Crippen molar-refractivity contribution in [1.29, 1.82) is 0 Å². The monoisotopic (exact) mass is 631 g/mol. The lowest BCUT2D eigenvalue weighted by Crippen LogP contribution is -2.53. The minimum absolute atomic E-state index is 0.0351. The third kappa shape index (κ3) is 8.06. The maximum atomic E-state index is 14.3. The molecule has 0 saturated heterocycles. The van der Waals surface area contributed by atoms with Crippen molar-refractivity contribution in [3.8, 4) is 0 Å². The number of carbonyl (C=O) groups excluding carboxylic acids is 2. The highest BCUT2D eigenvalue weighted by molar-refractivity contribution is 7.92. The second-order valence-corrected chi connectivity index (χ2v) is 13.3. The van der Waals surface area contributed by atoms with Gasteiger partial charge in [-0.05, 0) is 87.6 Å². The van der Waals surface area contributed by atoms with Gasteiger partial charge in [0, 0.05) is 12.6 Å². The van der Waals surface area contributed by atoms with E-state index in [4.69, 9.17) is 23.2 Å². The van der Waals surface area contributed by atoms with Crippen LogP contribution in [0.1, 0.15) is 55.9 Å². The van der Waals surface area contributed by atoms with Gasteiger partial charge in [-0.15, -0.1) is 0 Å². The standard InChI is InChI=1S/C32H39Cl2N3O4S/c1-7-24(6)35-32(39)29(8-2)36(19-25-13-16-27(33)28(34)18-25)31(38)20-37(30-17-22(4)9-12-23(30)5)42(40,41)26-14-10-21(3)11-15-26/h9-18,24,29H,7-8,19-20H2,1-6H3,(H,35,39). The first-order chi connectivity index (χ1) is 19.8. The number of nitrogens with one attached hydrogen (secondary N) is 1. The van der Waals surface area contributed by atoms with Gasteiger partial charge in [0.05, 0.1) is 20.6 Å². The van der Waals surface area contributed by atoms with Gasteiger partial charge in [0.2, 0.25) is 11.8 Å². The first-order valence-electron chi connectivity index (χ1n) is 14.0. The van der Waals surface area contributed by atoms with Crippen LogP contribution in [-0.4, -0.2) is 43.8 Å². The Morgan fingerprint density at radius 3 is 2.10 bits per heavy atom. The Labute approximate surface area is 259 Å². The maximum Gasteiger partial charge on any atom is 0.264 e. The van der Waals surface area contributed by atoms with E-state index < -0.39 is 28.5 Å². The quantitative estimate of drug-likeness (QED) is 0.237. The van der Waals surface area contributed by atoms with Crippen LogP contribution in [0.25, 0.3) is 0 Å². The molecule has 1 N–H and O–H groups in total. The van der Waals surface area contributed by atoms with E-state index in [1.165, 1.54) is 17.0 Å². The highest BCUT2D eigenvalue weighted by Crippen LogP contribution is 2.29. The highest BCUT2D eigenvalue weighted by Gasteiger charge is 2.34. The van der Waals surface area contributed by atoms with Crippen molar-refractivity contribution in [1.82, 2.24) is 10.2 Å². The van der Waals surface area contributed by atoms with Gasteiger partial charge in [-0.3, -0.25) is 13.9 Å². The Morgan fingerprint density at radius 1 is 0.857 bits per heavy atom. The number of sulfonamides is 1. The SMILES string of the molecule is CCC(C)NC(=O)C(CC)N(Cc1ccc(Cl)c(Cl)c1)C(=O)CN(c1cc(C)ccc1C)S(=O)(=O)c1ccc(C)cc1. The van der Waals surface area contributed by atoms with Crippen molar-refractivity contribution in [2.24, 2.45) is 0 Å². The Hall–Kier alpha value is -3.07. The summed E-state index contributed by atoms with van der Waals surface area (Å²) in [5.41, 5.74) is 3.51. The third-order valence-electron chi connectivity index (χ3n) is 7.25. The summed E-state index contributed by atoms with van der Waals surface area (Å²) in [6.07, 6.45) is 1.04. The van der Waals surface area contributed by atoms with Crippen LogP contribution < -0.4 is 9.62 Å². The topological polar surface area (TPSA) is 86.8 Å². The van der Waals surface area contributed by atoms with E-state index in [2.05, 4.69) is 5.32 Å². The molecule has 0 saturated carbocycles. The number of amides is 2. The average molecular weight is 633 g/mol. The second-order valence-electron chi connectivity index (χ2n) is 10.6. The zero-order chi connectivity index (χ0) is 31.2. The van der Waals surface area contributed by atoms with Crippen LogP contribution in [0.2, 0.25) is 10.0 Å². The molecule has 0 aliphatic heterocycles. The van der Waals surface area contributed by atoms with Crippen LogP contribution in [0.15, 0.2) is 65.6 Å². The molecule has 2 atom stereocenters. The molecular weight excluding hydrogens is 593 g/mol. The number of carbonyl (C=O) groups is 2. The summed E-state index contributed by atoms with van der Waals surface area (Å²) >= 11 is 12.4. The molecule has 3 rings (SSSR count). The number of halogens is 2. The summed E-state index contributed by atoms with van der Waals surface area (Å²) in [7, 11) is -4.15. The number of hydrogen-bond donors (Lipinski definition) is 1. The number of hydrogen-bond acceptors (Lipinski definition) is 4. The van der Waals surface area contributed by atoms with Crippen LogP contribution in [0.5, 0.6) is 0 Å². The summed E-state index contributed by atoms with van der Waals surface area (Å²) in [5.74, 6) is -0.830. The predicted octanol–water partition coefficient (Wildman–Crippen LogP) is 6.84. The summed E-state index contributed by atoms with van der Waals surface area (Å²) in [5, 5.41) is 3.66. The van der Waals surface area contributed by atoms with Crippen molar-refractivity contribution in [2.75, 3.05) is 10.8 Å². The van der Waals surface area contributed by atoms with Gasteiger partial charge < -0.3 is 10.2 Å². The molecule has 42 heavy (non-hydrogen) atoms. The number of anilines is 1. The molecule has 0 fully saturated rings. The molecule has 3 aromatic rings. The summed E-state index contributed by atoms with van der Waals surface area (Å²) < 4.78 is 29.4. The molecule has 0 aliphatic carbocycles. The Balaban J connectivity index is 2.12. The van der Waals surface area contributed by atoms with Gasteiger partial charge in [-0.25, -0.2) is 8.42 Å². The first-order valence-corrected chi connectivity index (χ1v) is 16.2. The van der Waals surface area contributed by atoms with Crippen LogP contribution in [0.4, 0.5) is 5.69 Å². The second kappa shape index (κ2) is 14.4. The number of benzene rings is 3. The molecule has 0 radical (unpaired) electrons. The van der Waals surface area contributed by atoms with E-state index in [0.29, 0.717) is 33.3 Å². The molecule has 0 heterocycles. The number of aryl methyl sites for hydroxylation is 3. The predicted molar refractivity (Wildman–Crippen MR) is 171 cm³/mol. The van der Waals surface area contributed by atoms with E-state index >= 15 is 0 Å². The van der Waals surface area contributed by atoms with Crippen molar-refractivity contribution in [3.05, 3.63) is 93.0 Å². The maximum absolute atomic E-state index is 14.3. The van der Waals surface area contributed by atoms with E-state index in [0.717, 1.165) is 21.9 Å². The van der Waals surface area contributed by atoms with Gasteiger partial charge in [0.1, 0.15) is 12.6 Å². The molecule has 2 unspecified atom stereocenters. The number of rotatable bonds is 12. The Morgan fingerprint density at radius 2 is 1.50 bits per heavy atom. The van der Waals surface area contributed by atoms with Crippen molar-refractivity contribution in [2.45, 2.75) is 77.9 Å². The lowest BCUT2D eigenvalue weighted by atomic mass is 10.1. The highest BCUT2D eigenvalue weighted by atomic mass is 35.5. The molecule has 0 spiro atoms. The Bertz CT molecular complexity index is 1530. The summed E-state index contributed by atoms with van der Waals surface area (Å²) in [6, 6.07) is 16.1. The van der Waals surface area contributed by atoms with Gasteiger partial charge in [-0.2, -0.15) is 0 Å². The average Bonchev–Trinajstić information content (AvgIpc) is 2.94. The molecule has 0 aromatic heterocycles.